The molecule has 2 N–H and O–H groups in total. The van der Waals surface area contributed by atoms with Gasteiger partial charge in [-0.1, -0.05) is 30.3 Å². The summed E-state index contributed by atoms with van der Waals surface area (Å²) in [5.74, 6) is 0. The summed E-state index contributed by atoms with van der Waals surface area (Å²) in [7, 11) is 0. The lowest BCUT2D eigenvalue weighted by Gasteiger charge is -2.36. The molecule has 0 atom stereocenters. The van der Waals surface area contributed by atoms with Crippen molar-refractivity contribution in [3.05, 3.63) is 72.2 Å². The standard InChI is InChI=1S/C21H24N4O/c26-21(9-5-10-21)16-23-13-19-15-25(14-17-6-2-1-3-7-17)24-20(19)18-8-4-11-22-12-18/h1-4,6-8,11-12,15,23,26H,5,9-10,13-14,16H2. The summed E-state index contributed by atoms with van der Waals surface area (Å²) in [4.78, 5) is 4.23. The van der Waals surface area contributed by atoms with Crippen LogP contribution in [0.3, 0.4) is 0 Å². The van der Waals surface area contributed by atoms with Crippen molar-refractivity contribution in [1.29, 1.82) is 0 Å². The molecule has 3 aromatic rings. The number of benzene rings is 1. The van der Waals surface area contributed by atoms with Crippen LogP contribution in [0.1, 0.15) is 30.4 Å². The summed E-state index contributed by atoms with van der Waals surface area (Å²) in [6.07, 6.45) is 8.61. The molecule has 2 aromatic heterocycles. The Balaban J connectivity index is 1.54. The smallest absolute Gasteiger partial charge is 0.0983 e. The van der Waals surface area contributed by atoms with Crippen LogP contribution in [0.2, 0.25) is 0 Å². The van der Waals surface area contributed by atoms with Gasteiger partial charge in [-0.2, -0.15) is 5.10 Å². The Morgan fingerprint density at radius 2 is 1.96 bits per heavy atom. The Bertz CT molecular complexity index is 841. The molecule has 1 fully saturated rings. The Kier molecular flexibility index (Phi) is 4.82. The first kappa shape index (κ1) is 16.9. The third-order valence-electron chi connectivity index (χ3n) is 5.01. The molecule has 134 valence electrons. The molecule has 26 heavy (non-hydrogen) atoms. The third-order valence-corrected chi connectivity index (χ3v) is 5.01. The number of aliphatic hydroxyl groups is 1. The van der Waals surface area contributed by atoms with E-state index in [0.717, 1.165) is 42.6 Å². The summed E-state index contributed by atoms with van der Waals surface area (Å²) < 4.78 is 1.98. The molecular weight excluding hydrogens is 324 g/mol. The van der Waals surface area contributed by atoms with Gasteiger partial charge in [-0.3, -0.25) is 9.67 Å². The molecule has 0 aliphatic heterocycles. The second-order valence-electron chi connectivity index (χ2n) is 7.11. The highest BCUT2D eigenvalue weighted by atomic mass is 16.3. The lowest BCUT2D eigenvalue weighted by Crippen LogP contribution is -2.45. The maximum absolute atomic E-state index is 10.3. The minimum atomic E-state index is -0.519. The van der Waals surface area contributed by atoms with Crippen LogP contribution >= 0.6 is 0 Å². The zero-order valence-corrected chi connectivity index (χ0v) is 14.8. The van der Waals surface area contributed by atoms with Crippen LogP contribution < -0.4 is 5.32 Å². The van der Waals surface area contributed by atoms with Crippen LogP contribution in [0.5, 0.6) is 0 Å². The second-order valence-corrected chi connectivity index (χ2v) is 7.11. The van der Waals surface area contributed by atoms with E-state index in [4.69, 9.17) is 5.10 Å². The summed E-state index contributed by atoms with van der Waals surface area (Å²) in [5, 5.41) is 18.5. The monoisotopic (exact) mass is 348 g/mol. The topological polar surface area (TPSA) is 63.0 Å². The largest absolute Gasteiger partial charge is 0.389 e. The highest BCUT2D eigenvalue weighted by molar-refractivity contribution is 5.61. The molecule has 0 amide bonds. The van der Waals surface area contributed by atoms with Crippen molar-refractivity contribution in [3.63, 3.8) is 0 Å². The van der Waals surface area contributed by atoms with Crippen LogP contribution in [0, 0.1) is 0 Å². The van der Waals surface area contributed by atoms with Crippen molar-refractivity contribution in [2.24, 2.45) is 0 Å². The fraction of sp³-hybridized carbons (Fsp3) is 0.333. The van der Waals surface area contributed by atoms with E-state index < -0.39 is 5.60 Å². The molecule has 1 saturated carbocycles. The van der Waals surface area contributed by atoms with Gasteiger partial charge in [0, 0.05) is 42.8 Å². The van der Waals surface area contributed by atoms with Gasteiger partial charge < -0.3 is 10.4 Å². The van der Waals surface area contributed by atoms with E-state index in [1.54, 1.807) is 6.20 Å². The first-order valence-electron chi connectivity index (χ1n) is 9.16. The number of nitrogens with zero attached hydrogens (tertiary/aromatic N) is 3. The van der Waals surface area contributed by atoms with Gasteiger partial charge in [0.15, 0.2) is 0 Å². The van der Waals surface area contributed by atoms with Crippen LogP contribution in [0.15, 0.2) is 61.1 Å². The number of aromatic nitrogens is 3. The Labute approximate surface area is 153 Å². The van der Waals surface area contributed by atoms with Gasteiger partial charge in [-0.05, 0) is 37.0 Å². The lowest BCUT2D eigenvalue weighted by molar-refractivity contribution is -0.0314. The van der Waals surface area contributed by atoms with Crippen molar-refractivity contribution >= 4 is 0 Å². The molecule has 4 rings (SSSR count). The molecule has 1 aliphatic carbocycles. The van der Waals surface area contributed by atoms with Crippen molar-refractivity contribution in [2.75, 3.05) is 6.54 Å². The van der Waals surface area contributed by atoms with E-state index in [-0.39, 0.29) is 0 Å². The second kappa shape index (κ2) is 7.40. The zero-order valence-electron chi connectivity index (χ0n) is 14.8. The molecule has 5 heteroatoms. The van der Waals surface area contributed by atoms with Crippen LogP contribution in [0.4, 0.5) is 0 Å². The van der Waals surface area contributed by atoms with Crippen molar-refractivity contribution in [1.82, 2.24) is 20.1 Å². The maximum atomic E-state index is 10.3. The molecule has 0 bridgehead atoms. The van der Waals surface area contributed by atoms with E-state index in [1.165, 1.54) is 5.56 Å². The predicted octanol–water partition coefficient (Wildman–Crippen LogP) is 3.00. The quantitative estimate of drug-likeness (QED) is 0.689. The van der Waals surface area contributed by atoms with Gasteiger partial charge in [0.2, 0.25) is 0 Å². The Morgan fingerprint density at radius 3 is 2.65 bits per heavy atom. The molecule has 1 aromatic carbocycles. The molecule has 0 saturated heterocycles. The first-order valence-corrected chi connectivity index (χ1v) is 9.16. The number of rotatable bonds is 7. The van der Waals surface area contributed by atoms with Crippen LogP contribution in [-0.4, -0.2) is 32.0 Å². The molecule has 2 heterocycles. The van der Waals surface area contributed by atoms with Gasteiger partial charge in [0.25, 0.3) is 0 Å². The van der Waals surface area contributed by atoms with Crippen molar-refractivity contribution in [2.45, 2.75) is 38.0 Å². The fourth-order valence-corrected chi connectivity index (χ4v) is 3.38. The average molecular weight is 348 g/mol. The molecule has 1 aliphatic rings. The minimum Gasteiger partial charge on any atom is -0.389 e. The zero-order chi connectivity index (χ0) is 17.8. The molecule has 5 nitrogen and oxygen atoms in total. The normalized spacial score (nSPS) is 15.6. The van der Waals surface area contributed by atoms with E-state index in [1.807, 2.05) is 41.2 Å². The highest BCUT2D eigenvalue weighted by Crippen LogP contribution is 2.31. The number of hydrogen-bond donors (Lipinski definition) is 2. The van der Waals surface area contributed by atoms with E-state index in [0.29, 0.717) is 13.1 Å². The van der Waals surface area contributed by atoms with E-state index in [2.05, 4.69) is 28.6 Å². The van der Waals surface area contributed by atoms with E-state index >= 15 is 0 Å². The van der Waals surface area contributed by atoms with Gasteiger partial charge in [0.05, 0.1) is 17.8 Å². The SMILES string of the molecule is OC1(CNCc2cn(Cc3ccccc3)nc2-c2cccnc2)CCC1. The van der Waals surface area contributed by atoms with Crippen LogP contribution in [0.25, 0.3) is 11.3 Å². The van der Waals surface area contributed by atoms with Gasteiger partial charge >= 0.3 is 0 Å². The number of hydrogen-bond acceptors (Lipinski definition) is 4. The van der Waals surface area contributed by atoms with Crippen LogP contribution in [-0.2, 0) is 13.1 Å². The number of pyridine rings is 1. The van der Waals surface area contributed by atoms with Gasteiger partial charge in [-0.15, -0.1) is 0 Å². The Morgan fingerprint density at radius 1 is 1.12 bits per heavy atom. The number of nitrogens with one attached hydrogen (secondary N) is 1. The first-order chi connectivity index (χ1) is 12.7. The molecular formula is C21H24N4O. The van der Waals surface area contributed by atoms with Gasteiger partial charge in [-0.25, -0.2) is 0 Å². The summed E-state index contributed by atoms with van der Waals surface area (Å²) in [5.41, 5.74) is 3.78. The van der Waals surface area contributed by atoms with Crippen molar-refractivity contribution in [3.8, 4) is 11.3 Å². The third kappa shape index (κ3) is 3.84. The lowest BCUT2D eigenvalue weighted by atomic mass is 9.80. The van der Waals surface area contributed by atoms with Crippen molar-refractivity contribution < 1.29 is 5.11 Å². The minimum absolute atomic E-state index is 0.519. The Hall–Kier alpha value is -2.50. The molecule has 0 radical (unpaired) electrons. The maximum Gasteiger partial charge on any atom is 0.0983 e. The fourth-order valence-electron chi connectivity index (χ4n) is 3.38. The summed E-state index contributed by atoms with van der Waals surface area (Å²) in [6.45, 7) is 2.04. The summed E-state index contributed by atoms with van der Waals surface area (Å²) >= 11 is 0. The molecule has 0 spiro atoms. The predicted molar refractivity (Wildman–Crippen MR) is 102 cm³/mol. The molecule has 0 unspecified atom stereocenters. The summed E-state index contributed by atoms with van der Waals surface area (Å²) in [6, 6.07) is 14.3. The van der Waals surface area contributed by atoms with Gasteiger partial charge in [0.1, 0.15) is 0 Å². The average Bonchev–Trinajstić information content (AvgIpc) is 3.04. The van der Waals surface area contributed by atoms with E-state index in [9.17, 15) is 5.11 Å². The highest BCUT2D eigenvalue weighted by Gasteiger charge is 2.33.